The third-order valence-corrected chi connectivity index (χ3v) is 7.65. The Morgan fingerprint density at radius 2 is 1.00 bits per heavy atom. The van der Waals surface area contributed by atoms with Gasteiger partial charge in [-0.15, -0.1) is 0 Å². The summed E-state index contributed by atoms with van der Waals surface area (Å²) in [6.07, 6.45) is 29.0. The van der Waals surface area contributed by atoms with Gasteiger partial charge in [0, 0.05) is 18.4 Å². The van der Waals surface area contributed by atoms with Crippen LogP contribution in [0.3, 0.4) is 0 Å². The highest BCUT2D eigenvalue weighted by atomic mass is 16.5. The second-order valence-corrected chi connectivity index (χ2v) is 11.3. The maximum absolute atomic E-state index is 5.96. The Bertz CT molecular complexity index is 787. The fourth-order valence-electron chi connectivity index (χ4n) is 5.06. The number of pyridine rings is 1. The molecule has 0 saturated carbocycles. The minimum atomic E-state index is 0.649. The first-order chi connectivity index (χ1) is 19.3. The third-order valence-electron chi connectivity index (χ3n) is 7.65. The Kier molecular flexibility index (Phi) is 20.5. The highest BCUT2D eigenvalue weighted by Crippen LogP contribution is 2.21. The molecule has 0 radical (unpaired) electrons. The molecule has 0 unspecified atom stereocenters. The Hall–Kier alpha value is -1.87. The molecule has 220 valence electrons. The van der Waals surface area contributed by atoms with E-state index in [-0.39, 0.29) is 0 Å². The molecule has 39 heavy (non-hydrogen) atoms. The maximum atomic E-state index is 5.96. The van der Waals surface area contributed by atoms with Crippen molar-refractivity contribution in [2.75, 3.05) is 13.2 Å². The molecule has 1 aromatic heterocycles. The molecule has 1 heterocycles. The van der Waals surface area contributed by atoms with Crippen molar-refractivity contribution in [3.63, 3.8) is 0 Å². The molecule has 0 amide bonds. The number of benzene rings is 1. The number of unbranched alkanes of at least 4 members (excludes halogenated alkanes) is 18. The zero-order valence-corrected chi connectivity index (χ0v) is 25.6. The number of hydrogen-bond acceptors (Lipinski definition) is 3. The van der Waals surface area contributed by atoms with Crippen LogP contribution in [0, 0.1) is 0 Å². The molecule has 0 aliphatic heterocycles. The van der Waals surface area contributed by atoms with E-state index >= 15 is 0 Å². The lowest BCUT2D eigenvalue weighted by molar-refractivity contribution is 0.116. The van der Waals surface area contributed by atoms with Crippen LogP contribution in [0.25, 0.3) is 11.3 Å². The lowest BCUT2D eigenvalue weighted by Crippen LogP contribution is -1.98. The van der Waals surface area contributed by atoms with Crippen molar-refractivity contribution in [1.29, 1.82) is 0 Å². The van der Waals surface area contributed by atoms with Crippen LogP contribution in [0.4, 0.5) is 0 Å². The van der Waals surface area contributed by atoms with Gasteiger partial charge in [-0.3, -0.25) is 4.98 Å². The second-order valence-electron chi connectivity index (χ2n) is 11.3. The lowest BCUT2D eigenvalue weighted by Gasteiger charge is -2.08. The van der Waals surface area contributed by atoms with Crippen LogP contribution in [0.5, 0.6) is 5.75 Å². The third kappa shape index (κ3) is 17.4. The molecule has 3 heteroatoms. The molecular formula is C36H59NO2. The molecule has 3 nitrogen and oxygen atoms in total. The van der Waals surface area contributed by atoms with Gasteiger partial charge in [0.15, 0.2) is 0 Å². The molecule has 0 N–H and O–H groups in total. The summed E-state index contributed by atoms with van der Waals surface area (Å²) in [7, 11) is 0. The van der Waals surface area contributed by atoms with E-state index in [1.165, 1.54) is 116 Å². The van der Waals surface area contributed by atoms with Gasteiger partial charge >= 0.3 is 0 Å². The molecule has 1 aromatic carbocycles. The van der Waals surface area contributed by atoms with Gasteiger partial charge in [-0.1, -0.05) is 135 Å². The van der Waals surface area contributed by atoms with E-state index in [4.69, 9.17) is 9.47 Å². The van der Waals surface area contributed by atoms with Crippen molar-refractivity contribution in [2.24, 2.45) is 0 Å². The van der Waals surface area contributed by atoms with E-state index in [1.807, 2.05) is 6.20 Å². The minimum absolute atomic E-state index is 0.649. The van der Waals surface area contributed by atoms with Gasteiger partial charge in [-0.2, -0.15) is 0 Å². The zero-order valence-electron chi connectivity index (χ0n) is 25.6. The molecule has 0 aliphatic carbocycles. The first-order valence-corrected chi connectivity index (χ1v) is 16.6. The van der Waals surface area contributed by atoms with E-state index in [9.17, 15) is 0 Å². The molecule has 0 fully saturated rings. The standard InChI is InChI=1S/C36H59NO2/c1-3-5-7-9-11-13-15-17-19-21-29-38-32-33-23-28-36(37-31-33)34-24-26-35(27-25-34)39-30-22-20-18-16-14-12-10-8-6-4-2/h23-28,31H,3-22,29-30,32H2,1-2H3. The van der Waals surface area contributed by atoms with Gasteiger partial charge in [0.2, 0.25) is 0 Å². The summed E-state index contributed by atoms with van der Waals surface area (Å²) in [6, 6.07) is 12.6. The van der Waals surface area contributed by atoms with Crippen molar-refractivity contribution < 1.29 is 9.47 Å². The van der Waals surface area contributed by atoms with Gasteiger partial charge in [0.1, 0.15) is 5.75 Å². The summed E-state index contributed by atoms with van der Waals surface area (Å²) in [4.78, 5) is 4.66. The van der Waals surface area contributed by atoms with Gasteiger partial charge < -0.3 is 9.47 Å². The number of hydrogen-bond donors (Lipinski definition) is 0. The van der Waals surface area contributed by atoms with Crippen molar-refractivity contribution in [1.82, 2.24) is 4.98 Å². The maximum Gasteiger partial charge on any atom is 0.119 e. The molecule has 0 spiro atoms. The van der Waals surface area contributed by atoms with Crippen molar-refractivity contribution in [3.05, 3.63) is 48.2 Å². The van der Waals surface area contributed by atoms with Crippen molar-refractivity contribution in [3.8, 4) is 17.0 Å². The quantitative estimate of drug-likeness (QED) is 0.112. The average molecular weight is 538 g/mol. The smallest absolute Gasteiger partial charge is 0.119 e. The Balaban J connectivity index is 1.49. The number of nitrogens with zero attached hydrogens (tertiary/aromatic N) is 1. The van der Waals surface area contributed by atoms with Crippen LogP contribution in [0.1, 0.15) is 148 Å². The molecule has 0 atom stereocenters. The Morgan fingerprint density at radius 3 is 1.49 bits per heavy atom. The first kappa shape index (κ1) is 33.3. The fourth-order valence-corrected chi connectivity index (χ4v) is 5.06. The van der Waals surface area contributed by atoms with Crippen LogP contribution in [-0.2, 0) is 11.3 Å². The molecule has 2 rings (SSSR count). The van der Waals surface area contributed by atoms with E-state index in [2.05, 4.69) is 55.2 Å². The SMILES string of the molecule is CCCCCCCCCCCCOCc1ccc(-c2ccc(OCCCCCCCCCCCC)cc2)nc1. The lowest BCUT2D eigenvalue weighted by atomic mass is 10.1. The average Bonchev–Trinajstić information content (AvgIpc) is 2.97. The van der Waals surface area contributed by atoms with E-state index < -0.39 is 0 Å². The second kappa shape index (κ2) is 24.0. The predicted octanol–water partition coefficient (Wildman–Crippen LogP) is 11.5. The van der Waals surface area contributed by atoms with Crippen LogP contribution >= 0.6 is 0 Å². The summed E-state index contributed by atoms with van der Waals surface area (Å²) in [5.41, 5.74) is 3.26. The molecular weight excluding hydrogens is 478 g/mol. The summed E-state index contributed by atoms with van der Waals surface area (Å²) in [6.45, 7) is 6.86. The summed E-state index contributed by atoms with van der Waals surface area (Å²) >= 11 is 0. The van der Waals surface area contributed by atoms with Crippen LogP contribution in [0.15, 0.2) is 42.6 Å². The zero-order chi connectivity index (χ0) is 27.6. The Morgan fingerprint density at radius 1 is 0.513 bits per heavy atom. The summed E-state index contributed by atoms with van der Waals surface area (Å²) in [5, 5.41) is 0. The highest BCUT2D eigenvalue weighted by Gasteiger charge is 2.02. The van der Waals surface area contributed by atoms with Gasteiger partial charge in [-0.25, -0.2) is 0 Å². The van der Waals surface area contributed by atoms with Gasteiger partial charge in [0.25, 0.3) is 0 Å². The van der Waals surface area contributed by atoms with Gasteiger partial charge in [0.05, 0.1) is 18.9 Å². The summed E-state index contributed by atoms with van der Waals surface area (Å²) in [5.74, 6) is 0.951. The predicted molar refractivity (Wildman–Crippen MR) is 169 cm³/mol. The fraction of sp³-hybridized carbons (Fsp3) is 0.694. The highest BCUT2D eigenvalue weighted by molar-refractivity contribution is 5.60. The molecule has 0 aliphatic rings. The van der Waals surface area contributed by atoms with Crippen molar-refractivity contribution >= 4 is 0 Å². The van der Waals surface area contributed by atoms with Crippen molar-refractivity contribution in [2.45, 2.75) is 149 Å². The molecule has 0 saturated heterocycles. The monoisotopic (exact) mass is 537 g/mol. The number of ether oxygens (including phenoxy) is 2. The molecule has 2 aromatic rings. The first-order valence-electron chi connectivity index (χ1n) is 16.6. The van der Waals surface area contributed by atoms with E-state index in [0.717, 1.165) is 48.6 Å². The largest absolute Gasteiger partial charge is 0.494 e. The molecule has 0 bridgehead atoms. The van der Waals surface area contributed by atoms with Gasteiger partial charge in [-0.05, 0) is 48.7 Å². The number of rotatable bonds is 26. The van der Waals surface area contributed by atoms with Crippen LogP contribution in [-0.4, -0.2) is 18.2 Å². The number of aromatic nitrogens is 1. The summed E-state index contributed by atoms with van der Waals surface area (Å²) < 4.78 is 11.8. The van der Waals surface area contributed by atoms with Crippen LogP contribution < -0.4 is 4.74 Å². The minimum Gasteiger partial charge on any atom is -0.494 e. The topological polar surface area (TPSA) is 31.4 Å². The van der Waals surface area contributed by atoms with Crippen LogP contribution in [0.2, 0.25) is 0 Å². The normalized spacial score (nSPS) is 11.2. The van der Waals surface area contributed by atoms with E-state index in [1.54, 1.807) is 0 Å². The van der Waals surface area contributed by atoms with E-state index in [0.29, 0.717) is 6.61 Å². The Labute approximate surface area is 241 Å².